The molecule has 0 unspecified atom stereocenters. The van der Waals surface area contributed by atoms with Gasteiger partial charge in [-0.1, -0.05) is 35.5 Å². The average Bonchev–Trinajstić information content (AvgIpc) is 2.34. The zero-order valence-corrected chi connectivity index (χ0v) is 10.3. The van der Waals surface area contributed by atoms with Crippen LogP contribution in [0.3, 0.4) is 0 Å². The van der Waals surface area contributed by atoms with Crippen molar-refractivity contribution in [3.8, 4) is 0 Å². The number of aliphatic hydroxyl groups excluding tert-OH is 1. The van der Waals surface area contributed by atoms with Gasteiger partial charge < -0.3 is 5.11 Å². The molecule has 1 aromatic heterocycles. The molecule has 0 radical (unpaired) electrons. The molecule has 2 rings (SSSR count). The Morgan fingerprint density at radius 2 is 2.12 bits per heavy atom. The maximum absolute atomic E-state index is 13.6. The summed E-state index contributed by atoms with van der Waals surface area (Å²) < 4.78 is 13.6. The number of aromatic nitrogens is 1. The predicted molar refractivity (Wildman–Crippen MR) is 65.7 cm³/mol. The third kappa shape index (κ3) is 2.97. The van der Waals surface area contributed by atoms with Gasteiger partial charge >= 0.3 is 0 Å². The highest BCUT2D eigenvalue weighted by Crippen LogP contribution is 2.31. The number of pyridine rings is 1. The van der Waals surface area contributed by atoms with Crippen LogP contribution in [0.2, 0.25) is 5.02 Å². The molecule has 0 bridgehead atoms. The van der Waals surface area contributed by atoms with Gasteiger partial charge in [0.25, 0.3) is 0 Å². The maximum Gasteiger partial charge on any atom is 0.137 e. The van der Waals surface area contributed by atoms with Gasteiger partial charge in [0.15, 0.2) is 0 Å². The number of hydrogen-bond acceptors (Lipinski definition) is 3. The van der Waals surface area contributed by atoms with E-state index in [2.05, 4.69) is 4.98 Å². The van der Waals surface area contributed by atoms with Crippen molar-refractivity contribution >= 4 is 23.4 Å². The summed E-state index contributed by atoms with van der Waals surface area (Å²) in [6.07, 6.45) is 1.50. The fourth-order valence-corrected chi connectivity index (χ4v) is 2.31. The quantitative estimate of drug-likeness (QED) is 0.926. The fourth-order valence-electron chi connectivity index (χ4n) is 1.32. The summed E-state index contributed by atoms with van der Waals surface area (Å²) in [6, 6.07) is 8.01. The number of rotatable bonds is 3. The SMILES string of the molecule is OCc1cccc(F)c1Sc1ccc(Cl)cn1. The summed E-state index contributed by atoms with van der Waals surface area (Å²) in [7, 11) is 0. The molecule has 1 N–H and O–H groups in total. The molecule has 5 heteroatoms. The van der Waals surface area contributed by atoms with E-state index >= 15 is 0 Å². The number of aliphatic hydroxyl groups is 1. The van der Waals surface area contributed by atoms with Crippen LogP contribution in [0.4, 0.5) is 4.39 Å². The van der Waals surface area contributed by atoms with E-state index < -0.39 is 0 Å². The van der Waals surface area contributed by atoms with Gasteiger partial charge in [-0.25, -0.2) is 9.37 Å². The number of halogens is 2. The van der Waals surface area contributed by atoms with Gasteiger partial charge in [0.2, 0.25) is 0 Å². The van der Waals surface area contributed by atoms with Crippen molar-refractivity contribution in [3.63, 3.8) is 0 Å². The zero-order chi connectivity index (χ0) is 12.3. The lowest BCUT2D eigenvalue weighted by Crippen LogP contribution is -1.92. The first-order chi connectivity index (χ1) is 8.20. The van der Waals surface area contributed by atoms with Crippen molar-refractivity contribution in [1.29, 1.82) is 0 Å². The van der Waals surface area contributed by atoms with Crippen LogP contribution in [0.5, 0.6) is 0 Å². The summed E-state index contributed by atoms with van der Waals surface area (Å²) in [6.45, 7) is -0.201. The molecule has 0 fully saturated rings. The van der Waals surface area contributed by atoms with Gasteiger partial charge in [-0.05, 0) is 23.8 Å². The standard InChI is InChI=1S/C12H9ClFNOS/c13-9-4-5-11(15-6-9)17-12-8(7-16)2-1-3-10(12)14/h1-6,16H,7H2. The summed E-state index contributed by atoms with van der Waals surface area (Å²) in [5, 5.41) is 10.3. The van der Waals surface area contributed by atoms with Crippen molar-refractivity contribution in [2.45, 2.75) is 16.5 Å². The molecule has 1 heterocycles. The van der Waals surface area contributed by atoms with Gasteiger partial charge in [-0.2, -0.15) is 0 Å². The molecule has 88 valence electrons. The highest BCUT2D eigenvalue weighted by atomic mass is 35.5. The maximum atomic E-state index is 13.6. The second-order valence-electron chi connectivity index (χ2n) is 3.30. The molecule has 0 aliphatic heterocycles. The lowest BCUT2D eigenvalue weighted by molar-refractivity contribution is 0.277. The van der Waals surface area contributed by atoms with Crippen molar-refractivity contribution in [2.24, 2.45) is 0 Å². The van der Waals surface area contributed by atoms with E-state index in [0.717, 1.165) is 0 Å². The van der Waals surface area contributed by atoms with Crippen LogP contribution in [0.1, 0.15) is 5.56 Å². The molecule has 0 saturated heterocycles. The van der Waals surface area contributed by atoms with Crippen LogP contribution in [0.15, 0.2) is 46.5 Å². The minimum atomic E-state index is -0.363. The molecular formula is C12H9ClFNOS. The van der Waals surface area contributed by atoms with Crippen LogP contribution in [-0.4, -0.2) is 10.1 Å². The molecule has 0 aliphatic carbocycles. The number of hydrogen-bond donors (Lipinski definition) is 1. The fraction of sp³-hybridized carbons (Fsp3) is 0.0833. The van der Waals surface area contributed by atoms with E-state index in [0.29, 0.717) is 20.5 Å². The molecule has 2 nitrogen and oxygen atoms in total. The van der Waals surface area contributed by atoms with Crippen LogP contribution in [0, 0.1) is 5.82 Å². The molecule has 2 aromatic rings. The van der Waals surface area contributed by atoms with E-state index in [1.54, 1.807) is 24.3 Å². The lowest BCUT2D eigenvalue weighted by Gasteiger charge is -2.07. The first-order valence-corrected chi connectivity index (χ1v) is 6.08. The van der Waals surface area contributed by atoms with Gasteiger partial charge in [-0.15, -0.1) is 0 Å². The summed E-state index contributed by atoms with van der Waals surface area (Å²) in [5.74, 6) is -0.363. The predicted octanol–water partition coefficient (Wildman–Crippen LogP) is 3.52. The summed E-state index contributed by atoms with van der Waals surface area (Å²) in [5.41, 5.74) is 0.548. The lowest BCUT2D eigenvalue weighted by atomic mass is 10.2. The molecule has 17 heavy (non-hydrogen) atoms. The van der Waals surface area contributed by atoms with Crippen LogP contribution < -0.4 is 0 Å². The van der Waals surface area contributed by atoms with Crippen molar-refractivity contribution < 1.29 is 9.50 Å². The number of nitrogens with zero attached hydrogens (tertiary/aromatic N) is 1. The Morgan fingerprint density at radius 1 is 1.29 bits per heavy atom. The Balaban J connectivity index is 2.32. The zero-order valence-electron chi connectivity index (χ0n) is 8.73. The van der Waals surface area contributed by atoms with Crippen LogP contribution in [-0.2, 0) is 6.61 Å². The van der Waals surface area contributed by atoms with E-state index in [1.807, 2.05) is 0 Å². The molecule has 1 aromatic carbocycles. The first kappa shape index (κ1) is 12.4. The normalized spacial score (nSPS) is 10.5. The average molecular weight is 270 g/mol. The minimum absolute atomic E-state index is 0.201. The molecule has 0 atom stereocenters. The molecule has 0 saturated carbocycles. The summed E-state index contributed by atoms with van der Waals surface area (Å²) in [4.78, 5) is 4.47. The largest absolute Gasteiger partial charge is 0.392 e. The van der Waals surface area contributed by atoms with E-state index in [-0.39, 0.29) is 12.4 Å². The van der Waals surface area contributed by atoms with Crippen molar-refractivity contribution in [3.05, 3.63) is 52.9 Å². The first-order valence-electron chi connectivity index (χ1n) is 4.88. The Kier molecular flexibility index (Phi) is 3.99. The van der Waals surface area contributed by atoms with Gasteiger partial charge in [-0.3, -0.25) is 0 Å². The van der Waals surface area contributed by atoms with E-state index in [1.165, 1.54) is 24.0 Å². The van der Waals surface area contributed by atoms with E-state index in [4.69, 9.17) is 16.7 Å². The Labute approximate surface area is 107 Å². The van der Waals surface area contributed by atoms with Gasteiger partial charge in [0, 0.05) is 6.20 Å². The van der Waals surface area contributed by atoms with Gasteiger partial charge in [0.05, 0.1) is 16.5 Å². The van der Waals surface area contributed by atoms with Crippen LogP contribution in [0.25, 0.3) is 0 Å². The van der Waals surface area contributed by atoms with Crippen molar-refractivity contribution in [1.82, 2.24) is 4.98 Å². The second-order valence-corrected chi connectivity index (χ2v) is 4.77. The highest BCUT2D eigenvalue weighted by Gasteiger charge is 2.10. The third-order valence-corrected chi connectivity index (χ3v) is 3.46. The molecule has 0 amide bonds. The minimum Gasteiger partial charge on any atom is -0.392 e. The topological polar surface area (TPSA) is 33.1 Å². The number of benzene rings is 1. The Bertz CT molecular complexity index is 518. The monoisotopic (exact) mass is 269 g/mol. The molecule has 0 spiro atoms. The molecule has 0 aliphatic rings. The molecular weight excluding hydrogens is 261 g/mol. The third-order valence-electron chi connectivity index (χ3n) is 2.13. The van der Waals surface area contributed by atoms with E-state index in [9.17, 15) is 4.39 Å². The second kappa shape index (κ2) is 5.49. The smallest absolute Gasteiger partial charge is 0.137 e. The highest BCUT2D eigenvalue weighted by molar-refractivity contribution is 7.99. The van der Waals surface area contributed by atoms with Crippen molar-refractivity contribution in [2.75, 3.05) is 0 Å². The Morgan fingerprint density at radius 3 is 2.76 bits per heavy atom. The summed E-state index contributed by atoms with van der Waals surface area (Å²) >= 11 is 6.89. The van der Waals surface area contributed by atoms with Gasteiger partial charge in [0.1, 0.15) is 10.8 Å². The Hall–Kier alpha value is -1.10. The van der Waals surface area contributed by atoms with Crippen LogP contribution >= 0.6 is 23.4 Å².